The Morgan fingerprint density at radius 3 is 2.55 bits per heavy atom. The van der Waals surface area contributed by atoms with E-state index in [4.69, 9.17) is 0 Å². The first-order valence-corrected chi connectivity index (χ1v) is 8.05. The zero-order valence-corrected chi connectivity index (χ0v) is 13.2. The second kappa shape index (κ2) is 5.76. The van der Waals surface area contributed by atoms with Crippen molar-refractivity contribution >= 4 is 5.69 Å². The van der Waals surface area contributed by atoms with E-state index in [1.54, 1.807) is 6.07 Å². The molecule has 2 fully saturated rings. The molecule has 122 valence electrons. The van der Waals surface area contributed by atoms with Crippen molar-refractivity contribution in [2.45, 2.75) is 51.4 Å². The zero-order chi connectivity index (χ0) is 15.9. The van der Waals surface area contributed by atoms with Gasteiger partial charge < -0.3 is 4.90 Å². The average Bonchev–Trinajstić information content (AvgIpc) is 3.06. The van der Waals surface area contributed by atoms with Gasteiger partial charge in [0.15, 0.2) is 0 Å². The third-order valence-corrected chi connectivity index (χ3v) is 5.13. The number of nitrogens with zero attached hydrogens (tertiary/aromatic N) is 2. The molecule has 2 aliphatic rings. The average molecular weight is 312 g/mol. The van der Waals surface area contributed by atoms with Crippen LogP contribution in [0.5, 0.6) is 0 Å². The summed E-state index contributed by atoms with van der Waals surface area (Å²) in [5.74, 6) is 0. The van der Waals surface area contributed by atoms with Crippen LogP contribution in [-0.4, -0.2) is 36.6 Å². The number of alkyl halides is 3. The van der Waals surface area contributed by atoms with E-state index < -0.39 is 11.7 Å². The van der Waals surface area contributed by atoms with Crippen molar-refractivity contribution in [3.8, 4) is 0 Å². The van der Waals surface area contributed by atoms with Crippen molar-refractivity contribution in [2.75, 3.05) is 24.5 Å². The Morgan fingerprint density at radius 2 is 1.91 bits per heavy atom. The van der Waals surface area contributed by atoms with Crippen molar-refractivity contribution in [2.24, 2.45) is 0 Å². The molecular formula is C17H23F3N2. The summed E-state index contributed by atoms with van der Waals surface area (Å²) in [5.41, 5.74) is 0.482. The van der Waals surface area contributed by atoms with Crippen LogP contribution in [0.25, 0.3) is 0 Å². The van der Waals surface area contributed by atoms with E-state index in [0.717, 1.165) is 26.1 Å². The first kappa shape index (κ1) is 15.7. The van der Waals surface area contributed by atoms with Crippen LogP contribution in [0.15, 0.2) is 18.2 Å². The number of likely N-dealkylation sites (tertiary alicyclic amines) is 1. The standard InChI is InChI=1S/C17H23F3N2/c1-12-5-6-14(10-16(12)17(18,19)20)21-9-7-15(11-21)22-8-3-4-13(22)2/h5-6,10,13,15H,3-4,7-9,11H2,1-2H3. The monoisotopic (exact) mass is 312 g/mol. The molecule has 2 atom stereocenters. The van der Waals surface area contributed by atoms with Gasteiger partial charge in [-0.15, -0.1) is 0 Å². The highest BCUT2D eigenvalue weighted by Gasteiger charge is 2.35. The molecule has 0 aromatic heterocycles. The van der Waals surface area contributed by atoms with Crippen molar-refractivity contribution in [1.29, 1.82) is 0 Å². The van der Waals surface area contributed by atoms with Crippen molar-refractivity contribution in [3.63, 3.8) is 0 Å². The highest BCUT2D eigenvalue weighted by molar-refractivity contribution is 5.52. The summed E-state index contributed by atoms with van der Waals surface area (Å²) in [6.45, 7) is 6.58. The first-order valence-electron chi connectivity index (χ1n) is 8.05. The van der Waals surface area contributed by atoms with Crippen LogP contribution in [0, 0.1) is 6.92 Å². The Hall–Kier alpha value is -1.23. The maximum Gasteiger partial charge on any atom is 0.416 e. The van der Waals surface area contributed by atoms with E-state index in [2.05, 4.69) is 16.7 Å². The lowest BCUT2D eigenvalue weighted by atomic mass is 10.1. The van der Waals surface area contributed by atoms with Gasteiger partial charge in [-0.1, -0.05) is 6.07 Å². The van der Waals surface area contributed by atoms with E-state index >= 15 is 0 Å². The maximum absolute atomic E-state index is 13.1. The molecule has 0 spiro atoms. The van der Waals surface area contributed by atoms with E-state index in [0.29, 0.717) is 23.3 Å². The third-order valence-electron chi connectivity index (χ3n) is 5.13. The van der Waals surface area contributed by atoms with Gasteiger partial charge >= 0.3 is 6.18 Å². The third kappa shape index (κ3) is 2.96. The normalized spacial score (nSPS) is 26.9. The number of hydrogen-bond donors (Lipinski definition) is 0. The smallest absolute Gasteiger partial charge is 0.370 e. The number of halogens is 3. The summed E-state index contributed by atoms with van der Waals surface area (Å²) in [7, 11) is 0. The van der Waals surface area contributed by atoms with Gasteiger partial charge in [0, 0.05) is 30.9 Å². The maximum atomic E-state index is 13.1. The predicted molar refractivity (Wildman–Crippen MR) is 82.2 cm³/mol. The van der Waals surface area contributed by atoms with E-state index in [9.17, 15) is 13.2 Å². The number of hydrogen-bond acceptors (Lipinski definition) is 2. The molecule has 3 rings (SSSR count). The van der Waals surface area contributed by atoms with Crippen LogP contribution in [-0.2, 0) is 6.18 Å². The zero-order valence-electron chi connectivity index (χ0n) is 13.2. The molecule has 0 aliphatic carbocycles. The van der Waals surface area contributed by atoms with Crippen LogP contribution in [0.1, 0.15) is 37.3 Å². The lowest BCUT2D eigenvalue weighted by Crippen LogP contribution is -2.39. The molecule has 1 aromatic rings. The van der Waals surface area contributed by atoms with Gasteiger partial charge in [0.2, 0.25) is 0 Å². The fourth-order valence-electron chi connectivity index (χ4n) is 3.86. The minimum atomic E-state index is -4.28. The van der Waals surface area contributed by atoms with Gasteiger partial charge in [0.25, 0.3) is 0 Å². The molecule has 0 bridgehead atoms. The summed E-state index contributed by atoms with van der Waals surface area (Å²) < 4.78 is 39.2. The molecule has 2 unspecified atom stereocenters. The molecule has 0 N–H and O–H groups in total. The molecular weight excluding hydrogens is 289 g/mol. The minimum Gasteiger partial charge on any atom is -0.370 e. The van der Waals surface area contributed by atoms with Crippen molar-refractivity contribution < 1.29 is 13.2 Å². The molecule has 1 aromatic carbocycles. The number of rotatable bonds is 2. The molecule has 0 amide bonds. The van der Waals surface area contributed by atoms with Gasteiger partial charge in [0.05, 0.1) is 5.56 Å². The van der Waals surface area contributed by atoms with Gasteiger partial charge in [-0.2, -0.15) is 13.2 Å². The van der Waals surface area contributed by atoms with Crippen LogP contribution >= 0.6 is 0 Å². The number of benzene rings is 1. The summed E-state index contributed by atoms with van der Waals surface area (Å²) in [6, 6.07) is 5.80. The molecule has 0 radical (unpaired) electrons. The fraction of sp³-hybridized carbons (Fsp3) is 0.647. The minimum absolute atomic E-state index is 0.292. The van der Waals surface area contributed by atoms with Crippen molar-refractivity contribution in [1.82, 2.24) is 4.90 Å². The molecule has 2 nitrogen and oxygen atoms in total. The summed E-state index contributed by atoms with van der Waals surface area (Å²) in [5, 5.41) is 0. The number of aryl methyl sites for hydroxylation is 1. The molecule has 22 heavy (non-hydrogen) atoms. The second-order valence-corrected chi connectivity index (χ2v) is 6.61. The van der Waals surface area contributed by atoms with E-state index in [1.165, 1.54) is 25.8 Å². The van der Waals surface area contributed by atoms with Gasteiger partial charge in [0.1, 0.15) is 0 Å². The van der Waals surface area contributed by atoms with Crippen molar-refractivity contribution in [3.05, 3.63) is 29.3 Å². The molecule has 2 heterocycles. The van der Waals surface area contributed by atoms with E-state index in [1.807, 2.05) is 6.07 Å². The second-order valence-electron chi connectivity index (χ2n) is 6.61. The Bertz CT molecular complexity index is 541. The van der Waals surface area contributed by atoms with Gasteiger partial charge in [-0.3, -0.25) is 4.90 Å². The summed E-state index contributed by atoms with van der Waals surface area (Å²) in [6.07, 6.45) is -0.762. The quantitative estimate of drug-likeness (QED) is 0.812. The molecule has 2 aliphatic heterocycles. The van der Waals surface area contributed by atoms with Crippen LogP contribution in [0.2, 0.25) is 0 Å². The Kier molecular flexibility index (Phi) is 4.10. The largest absolute Gasteiger partial charge is 0.416 e. The predicted octanol–water partition coefficient (Wildman–Crippen LogP) is 4.08. The van der Waals surface area contributed by atoms with Crippen LogP contribution in [0.4, 0.5) is 18.9 Å². The summed E-state index contributed by atoms with van der Waals surface area (Å²) in [4.78, 5) is 4.63. The fourth-order valence-corrected chi connectivity index (χ4v) is 3.86. The van der Waals surface area contributed by atoms with E-state index in [-0.39, 0.29) is 0 Å². The number of anilines is 1. The molecule has 0 saturated carbocycles. The topological polar surface area (TPSA) is 6.48 Å². The highest BCUT2D eigenvalue weighted by Crippen LogP contribution is 2.35. The molecule has 5 heteroatoms. The lowest BCUT2D eigenvalue weighted by Gasteiger charge is -2.29. The Morgan fingerprint density at radius 1 is 1.14 bits per heavy atom. The lowest BCUT2D eigenvalue weighted by molar-refractivity contribution is -0.138. The van der Waals surface area contributed by atoms with Crippen LogP contribution < -0.4 is 4.90 Å². The van der Waals surface area contributed by atoms with Gasteiger partial charge in [-0.05, 0) is 57.4 Å². The SMILES string of the molecule is Cc1ccc(N2CCC(N3CCCC3C)C2)cc1C(F)(F)F. The summed E-state index contributed by atoms with van der Waals surface area (Å²) >= 11 is 0. The molecule has 2 saturated heterocycles. The Balaban J connectivity index is 1.76. The first-order chi connectivity index (χ1) is 10.4. The highest BCUT2D eigenvalue weighted by atomic mass is 19.4. The Labute approximate surface area is 129 Å². The van der Waals surface area contributed by atoms with Gasteiger partial charge in [-0.25, -0.2) is 0 Å². The van der Waals surface area contributed by atoms with Crippen LogP contribution in [0.3, 0.4) is 0 Å².